The van der Waals surface area contributed by atoms with Crippen LogP contribution in [-0.4, -0.2) is 73.1 Å². The van der Waals surface area contributed by atoms with E-state index >= 15 is 0 Å². The lowest BCUT2D eigenvalue weighted by Crippen LogP contribution is -2.49. The Balaban J connectivity index is 1.10. The van der Waals surface area contributed by atoms with Gasteiger partial charge in [-0.15, -0.1) is 11.3 Å². The zero-order chi connectivity index (χ0) is 23.3. The number of aromatic nitrogens is 2. The van der Waals surface area contributed by atoms with Gasteiger partial charge in [0.1, 0.15) is 17.0 Å². The molecular formula is C26H34N6OS. The number of aryl methyl sites for hydroxylation is 1. The lowest BCUT2D eigenvalue weighted by atomic mass is 9.97. The number of nitrogens with zero attached hydrogens (tertiary/aromatic N) is 5. The Labute approximate surface area is 205 Å². The van der Waals surface area contributed by atoms with Crippen molar-refractivity contribution in [3.63, 3.8) is 0 Å². The topological polar surface area (TPSA) is 64.6 Å². The highest BCUT2D eigenvalue weighted by Crippen LogP contribution is 2.32. The lowest BCUT2D eigenvalue weighted by Gasteiger charge is -2.36. The van der Waals surface area contributed by atoms with Gasteiger partial charge in [0.2, 0.25) is 5.91 Å². The van der Waals surface area contributed by atoms with E-state index in [1.54, 1.807) is 17.7 Å². The number of amides is 1. The first-order valence-corrected chi connectivity index (χ1v) is 13.3. The first kappa shape index (κ1) is 23.1. The fourth-order valence-corrected chi connectivity index (χ4v) is 5.98. The molecule has 7 nitrogen and oxygen atoms in total. The van der Waals surface area contributed by atoms with Gasteiger partial charge >= 0.3 is 0 Å². The van der Waals surface area contributed by atoms with Gasteiger partial charge in [-0.3, -0.25) is 9.69 Å². The van der Waals surface area contributed by atoms with Gasteiger partial charge in [0, 0.05) is 62.9 Å². The third-order valence-electron chi connectivity index (χ3n) is 7.02. The average Bonchev–Trinajstić information content (AvgIpc) is 3.33. The summed E-state index contributed by atoms with van der Waals surface area (Å²) < 4.78 is 0. The number of piperidine rings is 1. The Kier molecular flexibility index (Phi) is 7.25. The van der Waals surface area contributed by atoms with Gasteiger partial charge in [-0.2, -0.15) is 0 Å². The first-order chi connectivity index (χ1) is 16.7. The molecule has 1 amide bonds. The van der Waals surface area contributed by atoms with Gasteiger partial charge in [-0.25, -0.2) is 9.97 Å². The molecule has 2 aliphatic heterocycles. The molecule has 2 fully saturated rings. The molecule has 0 radical (unpaired) electrons. The summed E-state index contributed by atoms with van der Waals surface area (Å²) in [7, 11) is 0. The summed E-state index contributed by atoms with van der Waals surface area (Å²) in [6.45, 7) is 9.59. The van der Waals surface area contributed by atoms with Crippen molar-refractivity contribution in [3.05, 3.63) is 47.6 Å². The Morgan fingerprint density at radius 1 is 1.09 bits per heavy atom. The third-order valence-corrected chi connectivity index (χ3v) is 8.21. The molecule has 1 atom stereocenters. The van der Waals surface area contributed by atoms with Crippen LogP contribution in [-0.2, 0) is 11.2 Å². The molecule has 2 aromatic heterocycles. The van der Waals surface area contributed by atoms with Crippen LogP contribution in [0.4, 0.5) is 11.5 Å². The predicted octanol–water partition coefficient (Wildman–Crippen LogP) is 3.41. The molecule has 1 N–H and O–H groups in total. The molecule has 0 aliphatic carbocycles. The van der Waals surface area contributed by atoms with Crippen molar-refractivity contribution >= 4 is 39.0 Å². The summed E-state index contributed by atoms with van der Waals surface area (Å²) in [4.78, 5) is 31.6. The molecule has 2 saturated heterocycles. The van der Waals surface area contributed by atoms with Gasteiger partial charge in [-0.1, -0.05) is 25.1 Å². The van der Waals surface area contributed by atoms with Crippen LogP contribution < -0.4 is 15.1 Å². The maximum atomic E-state index is 13.0. The summed E-state index contributed by atoms with van der Waals surface area (Å²) in [6, 6.07) is 12.8. The van der Waals surface area contributed by atoms with Crippen molar-refractivity contribution in [2.24, 2.45) is 5.92 Å². The van der Waals surface area contributed by atoms with Crippen LogP contribution in [0, 0.1) is 5.92 Å². The fourth-order valence-electron chi connectivity index (χ4n) is 5.05. The van der Waals surface area contributed by atoms with Gasteiger partial charge < -0.3 is 15.1 Å². The molecule has 0 spiro atoms. The van der Waals surface area contributed by atoms with E-state index in [1.807, 2.05) is 0 Å². The van der Waals surface area contributed by atoms with Crippen LogP contribution in [0.1, 0.15) is 24.6 Å². The minimum Gasteiger partial charge on any atom is -0.369 e. The smallest absolute Gasteiger partial charge is 0.224 e. The summed E-state index contributed by atoms with van der Waals surface area (Å²) >= 11 is 1.74. The van der Waals surface area contributed by atoms with E-state index in [2.05, 4.69) is 73.3 Å². The molecule has 2 aliphatic rings. The second kappa shape index (κ2) is 10.7. The van der Waals surface area contributed by atoms with Crippen LogP contribution in [0.25, 0.3) is 10.2 Å². The summed E-state index contributed by atoms with van der Waals surface area (Å²) in [5.74, 6) is 1.17. The van der Waals surface area contributed by atoms with Crippen LogP contribution >= 0.6 is 11.3 Å². The van der Waals surface area contributed by atoms with Crippen LogP contribution in [0.5, 0.6) is 0 Å². The molecule has 0 bridgehead atoms. The molecule has 3 aromatic rings. The Bertz CT molecular complexity index is 1100. The quantitative estimate of drug-likeness (QED) is 0.562. The monoisotopic (exact) mass is 478 g/mol. The standard InChI is InChI=1S/C26H34N6OS/c1-2-22-17-23-24(28-19-29-26(23)34-22)32-11-6-7-20(18-32)25(33)27-10-12-30-13-15-31(16-14-30)21-8-4-3-5-9-21/h3-5,8-9,17,19-20H,2,6-7,10-16,18H2,1H3,(H,27,33)/t20-/m1/s1. The van der Waals surface area contributed by atoms with Gasteiger partial charge in [-0.05, 0) is 37.5 Å². The molecule has 34 heavy (non-hydrogen) atoms. The molecule has 1 aromatic carbocycles. The average molecular weight is 479 g/mol. The molecule has 180 valence electrons. The number of anilines is 2. The van der Waals surface area contributed by atoms with Crippen molar-refractivity contribution < 1.29 is 4.79 Å². The van der Waals surface area contributed by atoms with Crippen molar-refractivity contribution in [2.75, 3.05) is 62.2 Å². The molecule has 5 rings (SSSR count). The number of rotatable bonds is 7. The molecule has 8 heteroatoms. The summed E-state index contributed by atoms with van der Waals surface area (Å²) in [5.41, 5.74) is 1.30. The highest BCUT2D eigenvalue weighted by Gasteiger charge is 2.28. The third kappa shape index (κ3) is 5.18. The SMILES string of the molecule is CCc1cc2c(N3CCC[C@@H](C(=O)NCCN4CCN(c5ccccc5)CC4)C3)ncnc2s1. The van der Waals surface area contributed by atoms with E-state index in [0.717, 1.165) is 81.1 Å². The highest BCUT2D eigenvalue weighted by atomic mass is 32.1. The van der Waals surface area contributed by atoms with Crippen molar-refractivity contribution in [1.82, 2.24) is 20.2 Å². The minimum absolute atomic E-state index is 0.0120. The summed E-state index contributed by atoms with van der Waals surface area (Å²) in [5, 5.41) is 4.34. The van der Waals surface area contributed by atoms with E-state index in [4.69, 9.17) is 0 Å². The molecule has 0 unspecified atom stereocenters. The van der Waals surface area contributed by atoms with Gasteiger partial charge in [0.25, 0.3) is 0 Å². The highest BCUT2D eigenvalue weighted by molar-refractivity contribution is 7.18. The Morgan fingerprint density at radius 2 is 1.91 bits per heavy atom. The second-order valence-corrected chi connectivity index (χ2v) is 10.3. The largest absolute Gasteiger partial charge is 0.369 e. The Hall–Kier alpha value is -2.71. The normalized spacial score (nSPS) is 19.5. The van der Waals surface area contributed by atoms with Crippen LogP contribution in [0.2, 0.25) is 0 Å². The van der Waals surface area contributed by atoms with Gasteiger partial charge in [0.15, 0.2) is 0 Å². The second-order valence-electron chi connectivity index (χ2n) is 9.22. The van der Waals surface area contributed by atoms with Crippen LogP contribution in [0.3, 0.4) is 0 Å². The van der Waals surface area contributed by atoms with E-state index < -0.39 is 0 Å². The number of piperazine rings is 1. The first-order valence-electron chi connectivity index (χ1n) is 12.5. The zero-order valence-electron chi connectivity index (χ0n) is 19.9. The van der Waals surface area contributed by atoms with Crippen molar-refractivity contribution in [2.45, 2.75) is 26.2 Å². The number of carbonyl (C=O) groups excluding carboxylic acids is 1. The summed E-state index contributed by atoms with van der Waals surface area (Å²) in [6.07, 6.45) is 4.62. The Morgan fingerprint density at radius 3 is 2.71 bits per heavy atom. The van der Waals surface area contributed by atoms with Crippen LogP contribution in [0.15, 0.2) is 42.7 Å². The number of para-hydroxylation sites is 1. The zero-order valence-corrected chi connectivity index (χ0v) is 20.8. The fraction of sp³-hybridized carbons (Fsp3) is 0.500. The maximum Gasteiger partial charge on any atom is 0.224 e. The van der Waals surface area contributed by atoms with E-state index in [-0.39, 0.29) is 11.8 Å². The maximum absolute atomic E-state index is 13.0. The number of nitrogens with one attached hydrogen (secondary N) is 1. The van der Waals surface area contributed by atoms with E-state index in [9.17, 15) is 4.79 Å². The number of thiophene rings is 1. The van der Waals surface area contributed by atoms with E-state index in [0.29, 0.717) is 6.54 Å². The van der Waals surface area contributed by atoms with Gasteiger partial charge in [0.05, 0.1) is 11.3 Å². The predicted molar refractivity (Wildman–Crippen MR) is 140 cm³/mol. The number of hydrogen-bond donors (Lipinski definition) is 1. The number of carbonyl (C=O) groups is 1. The minimum atomic E-state index is 0.0120. The lowest BCUT2D eigenvalue weighted by molar-refractivity contribution is -0.125. The van der Waals surface area contributed by atoms with E-state index in [1.165, 1.54) is 10.6 Å². The number of hydrogen-bond acceptors (Lipinski definition) is 7. The number of benzene rings is 1. The molecule has 4 heterocycles. The molecular weight excluding hydrogens is 444 g/mol. The number of fused-ring (bicyclic) bond motifs is 1. The molecule has 0 saturated carbocycles. The van der Waals surface area contributed by atoms with Crippen molar-refractivity contribution in [1.29, 1.82) is 0 Å². The van der Waals surface area contributed by atoms with Crippen molar-refractivity contribution in [3.8, 4) is 0 Å².